The van der Waals surface area contributed by atoms with Crippen molar-refractivity contribution in [3.8, 4) is 0 Å². The minimum Gasteiger partial charge on any atom is -0.481 e. The third kappa shape index (κ3) is 3.28. The van der Waals surface area contributed by atoms with Gasteiger partial charge in [-0.05, 0) is 31.0 Å². The van der Waals surface area contributed by atoms with E-state index in [9.17, 15) is 9.59 Å². The Kier molecular flexibility index (Phi) is 5.38. The van der Waals surface area contributed by atoms with Crippen LogP contribution in [0.25, 0.3) is 0 Å². The quantitative estimate of drug-likeness (QED) is 0.894. The molecule has 1 amide bonds. The fourth-order valence-corrected chi connectivity index (χ4v) is 2.52. The highest BCUT2D eigenvalue weighted by molar-refractivity contribution is 9.10. The number of amides is 1. The summed E-state index contributed by atoms with van der Waals surface area (Å²) >= 11 is 3.39. The summed E-state index contributed by atoms with van der Waals surface area (Å²) in [5.41, 5.74) is 1.52. The second kappa shape index (κ2) is 6.39. The topological polar surface area (TPSA) is 57.6 Å². The summed E-state index contributed by atoms with van der Waals surface area (Å²) in [6.07, 6.45) is 0.536. The first kappa shape index (κ1) is 16.0. The maximum absolute atomic E-state index is 12.3. The molecular formula is C13H15BrClNO3. The third-order valence-corrected chi connectivity index (χ3v) is 4.18. The molecule has 0 aromatic heterocycles. The van der Waals surface area contributed by atoms with Crippen LogP contribution in [0.4, 0.5) is 0 Å². The monoisotopic (exact) mass is 347 g/mol. The molecule has 1 aromatic carbocycles. The molecule has 19 heavy (non-hydrogen) atoms. The van der Waals surface area contributed by atoms with E-state index in [4.69, 9.17) is 5.11 Å². The van der Waals surface area contributed by atoms with Crippen LogP contribution in [0.5, 0.6) is 0 Å². The predicted molar refractivity (Wildman–Crippen MR) is 77.8 cm³/mol. The molecule has 0 bridgehead atoms. The molecule has 0 radical (unpaired) electrons. The van der Waals surface area contributed by atoms with Crippen molar-refractivity contribution in [2.24, 2.45) is 5.92 Å². The number of likely N-dealkylation sites (tertiary alicyclic amines) is 1. The van der Waals surface area contributed by atoms with Crippen LogP contribution in [0.3, 0.4) is 0 Å². The fourth-order valence-electron chi connectivity index (χ4n) is 2.16. The largest absolute Gasteiger partial charge is 0.481 e. The number of carbonyl (C=O) groups excluding carboxylic acids is 1. The van der Waals surface area contributed by atoms with Gasteiger partial charge in [0.05, 0.1) is 5.92 Å². The molecule has 1 aliphatic rings. The van der Waals surface area contributed by atoms with E-state index < -0.39 is 11.9 Å². The zero-order valence-corrected chi connectivity index (χ0v) is 12.8. The lowest BCUT2D eigenvalue weighted by molar-refractivity contribution is -0.141. The normalized spacial score (nSPS) is 18.0. The molecule has 0 aliphatic carbocycles. The van der Waals surface area contributed by atoms with Crippen LogP contribution in [0.1, 0.15) is 22.3 Å². The third-order valence-electron chi connectivity index (χ3n) is 3.32. The first-order valence-corrected chi connectivity index (χ1v) is 6.57. The number of halogens is 2. The number of benzene rings is 1. The number of hydrogen-bond donors (Lipinski definition) is 1. The maximum atomic E-state index is 12.3. The molecule has 0 spiro atoms. The van der Waals surface area contributed by atoms with Crippen LogP contribution >= 0.6 is 28.3 Å². The number of rotatable bonds is 2. The Morgan fingerprint density at radius 2 is 2.11 bits per heavy atom. The minimum atomic E-state index is -0.823. The van der Waals surface area contributed by atoms with Gasteiger partial charge in [0.25, 0.3) is 5.91 Å². The Hall–Kier alpha value is -1.07. The predicted octanol–water partition coefficient (Wildman–Crippen LogP) is 2.73. The number of hydrogen-bond acceptors (Lipinski definition) is 2. The van der Waals surface area contributed by atoms with Gasteiger partial charge in [0.15, 0.2) is 0 Å². The lowest BCUT2D eigenvalue weighted by Crippen LogP contribution is -2.30. The number of carboxylic acid groups (broad SMARTS) is 1. The standard InChI is InChI=1S/C13H14BrNO3.ClH/c1-8-10(3-2-4-11(8)14)12(16)15-6-5-9(7-15)13(17)18;/h2-4,9H,5-7H2,1H3,(H,17,18);1H. The van der Waals surface area contributed by atoms with E-state index in [2.05, 4.69) is 15.9 Å². The summed E-state index contributed by atoms with van der Waals surface area (Å²) in [4.78, 5) is 24.8. The number of aliphatic carboxylic acids is 1. The molecule has 2 rings (SSSR count). The second-order valence-electron chi connectivity index (χ2n) is 4.49. The van der Waals surface area contributed by atoms with Crippen molar-refractivity contribution < 1.29 is 14.7 Å². The molecular weight excluding hydrogens is 334 g/mol. The van der Waals surface area contributed by atoms with Crippen LogP contribution in [0.15, 0.2) is 22.7 Å². The first-order chi connectivity index (χ1) is 8.50. The van der Waals surface area contributed by atoms with Gasteiger partial charge in [-0.2, -0.15) is 0 Å². The van der Waals surface area contributed by atoms with E-state index in [0.29, 0.717) is 25.1 Å². The Morgan fingerprint density at radius 3 is 2.68 bits per heavy atom. The van der Waals surface area contributed by atoms with E-state index in [1.807, 2.05) is 19.1 Å². The molecule has 1 atom stereocenters. The van der Waals surface area contributed by atoms with Crippen LogP contribution in [-0.2, 0) is 4.79 Å². The molecule has 1 aliphatic heterocycles. The molecule has 1 aromatic rings. The van der Waals surface area contributed by atoms with Crippen LogP contribution in [0.2, 0.25) is 0 Å². The molecule has 1 unspecified atom stereocenters. The Labute approximate surface area is 126 Å². The Morgan fingerprint density at radius 1 is 1.42 bits per heavy atom. The molecule has 0 saturated carbocycles. The van der Waals surface area contributed by atoms with Gasteiger partial charge in [-0.1, -0.05) is 22.0 Å². The number of carboxylic acids is 1. The van der Waals surface area contributed by atoms with Crippen LogP contribution in [0, 0.1) is 12.8 Å². The van der Waals surface area contributed by atoms with E-state index >= 15 is 0 Å². The summed E-state index contributed by atoms with van der Waals surface area (Å²) in [6.45, 7) is 2.70. The van der Waals surface area contributed by atoms with Crippen molar-refractivity contribution in [1.82, 2.24) is 4.90 Å². The zero-order valence-electron chi connectivity index (χ0n) is 10.4. The number of carbonyl (C=O) groups is 2. The smallest absolute Gasteiger partial charge is 0.308 e. The minimum absolute atomic E-state index is 0. The molecule has 4 nitrogen and oxygen atoms in total. The molecule has 1 N–H and O–H groups in total. The molecule has 104 valence electrons. The van der Waals surface area contributed by atoms with E-state index in [-0.39, 0.29) is 18.3 Å². The summed E-state index contributed by atoms with van der Waals surface area (Å²) in [5, 5.41) is 8.94. The lowest BCUT2D eigenvalue weighted by Gasteiger charge is -2.17. The van der Waals surface area contributed by atoms with Crippen molar-refractivity contribution in [3.63, 3.8) is 0 Å². The van der Waals surface area contributed by atoms with Crippen molar-refractivity contribution in [2.75, 3.05) is 13.1 Å². The lowest BCUT2D eigenvalue weighted by atomic mass is 10.1. The van der Waals surface area contributed by atoms with Gasteiger partial charge < -0.3 is 10.0 Å². The summed E-state index contributed by atoms with van der Waals surface area (Å²) in [6, 6.07) is 5.47. The molecule has 1 fully saturated rings. The van der Waals surface area contributed by atoms with Crippen LogP contribution < -0.4 is 0 Å². The summed E-state index contributed by atoms with van der Waals surface area (Å²) in [5.74, 6) is -1.34. The van der Waals surface area contributed by atoms with E-state index in [1.165, 1.54) is 0 Å². The number of nitrogens with zero attached hydrogens (tertiary/aromatic N) is 1. The molecule has 6 heteroatoms. The highest BCUT2D eigenvalue weighted by atomic mass is 79.9. The van der Waals surface area contributed by atoms with Gasteiger partial charge in [-0.15, -0.1) is 12.4 Å². The van der Waals surface area contributed by atoms with Gasteiger partial charge in [-0.3, -0.25) is 9.59 Å². The van der Waals surface area contributed by atoms with Gasteiger partial charge in [-0.25, -0.2) is 0 Å². The van der Waals surface area contributed by atoms with Crippen LogP contribution in [-0.4, -0.2) is 35.0 Å². The van der Waals surface area contributed by atoms with E-state index in [1.54, 1.807) is 11.0 Å². The highest BCUT2D eigenvalue weighted by Gasteiger charge is 2.31. The van der Waals surface area contributed by atoms with Gasteiger partial charge >= 0.3 is 5.97 Å². The van der Waals surface area contributed by atoms with Gasteiger partial charge in [0.2, 0.25) is 0 Å². The van der Waals surface area contributed by atoms with Gasteiger partial charge in [0, 0.05) is 23.1 Å². The SMILES string of the molecule is Cc1c(Br)cccc1C(=O)N1CCC(C(=O)O)C1.Cl. The summed E-state index contributed by atoms with van der Waals surface area (Å²) < 4.78 is 0.891. The highest BCUT2D eigenvalue weighted by Crippen LogP contribution is 2.24. The van der Waals surface area contributed by atoms with Crippen molar-refractivity contribution >= 4 is 40.2 Å². The van der Waals surface area contributed by atoms with E-state index in [0.717, 1.165) is 10.0 Å². The Bertz CT molecular complexity index is 507. The molecule has 1 saturated heterocycles. The second-order valence-corrected chi connectivity index (χ2v) is 5.34. The Balaban J connectivity index is 0.00000180. The molecule has 1 heterocycles. The average molecular weight is 349 g/mol. The first-order valence-electron chi connectivity index (χ1n) is 5.78. The zero-order chi connectivity index (χ0) is 13.3. The average Bonchev–Trinajstić information content (AvgIpc) is 2.81. The van der Waals surface area contributed by atoms with Crippen molar-refractivity contribution in [3.05, 3.63) is 33.8 Å². The van der Waals surface area contributed by atoms with Crippen molar-refractivity contribution in [1.29, 1.82) is 0 Å². The van der Waals surface area contributed by atoms with Gasteiger partial charge in [0.1, 0.15) is 0 Å². The fraction of sp³-hybridized carbons (Fsp3) is 0.385. The maximum Gasteiger partial charge on any atom is 0.308 e. The summed E-state index contributed by atoms with van der Waals surface area (Å²) in [7, 11) is 0. The van der Waals surface area contributed by atoms with Crippen molar-refractivity contribution in [2.45, 2.75) is 13.3 Å².